The van der Waals surface area contributed by atoms with Crippen molar-refractivity contribution in [2.24, 2.45) is 0 Å². The average Bonchev–Trinajstić information content (AvgIpc) is 3.33. The molecule has 0 aromatic heterocycles. The van der Waals surface area contributed by atoms with Crippen LogP contribution in [0.5, 0.6) is 11.5 Å². The summed E-state index contributed by atoms with van der Waals surface area (Å²) in [4.78, 5) is 28.6. The molecule has 2 aliphatic rings. The lowest BCUT2D eigenvalue weighted by Crippen LogP contribution is -2.51. The number of carbonyl (C=O) groups excluding carboxylic acids is 2. The maximum Gasteiger partial charge on any atom is 0.243 e. The van der Waals surface area contributed by atoms with Crippen LogP contribution in [0.15, 0.2) is 36.4 Å². The number of ether oxygens (including phenoxy) is 2. The topological polar surface area (TPSA) is 67.9 Å². The molecule has 1 saturated carbocycles. The van der Waals surface area contributed by atoms with Gasteiger partial charge in [0.25, 0.3) is 0 Å². The van der Waals surface area contributed by atoms with Crippen molar-refractivity contribution in [3.05, 3.63) is 57.6 Å². The molecule has 0 unspecified atom stereocenters. The summed E-state index contributed by atoms with van der Waals surface area (Å²) in [5.74, 6) is 1.16. The predicted molar refractivity (Wildman–Crippen MR) is 137 cm³/mol. The van der Waals surface area contributed by atoms with Gasteiger partial charge in [0.2, 0.25) is 18.6 Å². The van der Waals surface area contributed by atoms with Crippen molar-refractivity contribution < 1.29 is 19.1 Å². The molecular formula is C27H32Cl2N2O4. The maximum absolute atomic E-state index is 13.6. The zero-order chi connectivity index (χ0) is 24.8. The maximum atomic E-state index is 13.6. The monoisotopic (exact) mass is 518 g/mol. The Morgan fingerprint density at radius 3 is 2.49 bits per heavy atom. The van der Waals surface area contributed by atoms with Crippen LogP contribution in [0.3, 0.4) is 0 Å². The van der Waals surface area contributed by atoms with Gasteiger partial charge in [0.15, 0.2) is 11.5 Å². The van der Waals surface area contributed by atoms with E-state index in [9.17, 15) is 9.59 Å². The highest BCUT2D eigenvalue weighted by Crippen LogP contribution is 2.33. The molecule has 1 aliphatic heterocycles. The number of carbonyl (C=O) groups is 2. The molecule has 1 heterocycles. The van der Waals surface area contributed by atoms with E-state index in [-0.39, 0.29) is 37.6 Å². The van der Waals surface area contributed by atoms with E-state index in [1.807, 2.05) is 25.1 Å². The minimum Gasteiger partial charge on any atom is -0.454 e. The molecule has 1 fully saturated rings. The van der Waals surface area contributed by atoms with Crippen molar-refractivity contribution in [3.8, 4) is 11.5 Å². The number of aryl methyl sites for hydroxylation is 1. The number of benzene rings is 2. The molecule has 0 spiro atoms. The van der Waals surface area contributed by atoms with Crippen LogP contribution in [-0.2, 0) is 22.6 Å². The second-order valence-electron chi connectivity index (χ2n) is 9.18. The normalized spacial score (nSPS) is 16.1. The lowest BCUT2D eigenvalue weighted by Gasteiger charge is -2.33. The fourth-order valence-electron chi connectivity index (χ4n) is 4.81. The first kappa shape index (κ1) is 25.6. The van der Waals surface area contributed by atoms with Gasteiger partial charge in [-0.1, -0.05) is 61.5 Å². The number of rotatable bonds is 9. The van der Waals surface area contributed by atoms with Gasteiger partial charge >= 0.3 is 0 Å². The molecule has 8 heteroatoms. The van der Waals surface area contributed by atoms with E-state index in [1.165, 1.54) is 6.42 Å². The highest BCUT2D eigenvalue weighted by Gasteiger charge is 2.31. The molecule has 2 aromatic rings. The van der Waals surface area contributed by atoms with Crippen LogP contribution in [0.25, 0.3) is 0 Å². The van der Waals surface area contributed by atoms with Gasteiger partial charge in [0.1, 0.15) is 6.04 Å². The van der Waals surface area contributed by atoms with Gasteiger partial charge in [-0.3, -0.25) is 9.59 Å². The van der Waals surface area contributed by atoms with Crippen LogP contribution >= 0.6 is 23.2 Å². The van der Waals surface area contributed by atoms with Gasteiger partial charge in [0.05, 0.1) is 0 Å². The molecule has 2 amide bonds. The number of nitrogens with zero attached hydrogens (tertiary/aromatic N) is 1. The lowest BCUT2D eigenvalue weighted by atomic mass is 9.95. The first-order chi connectivity index (χ1) is 17.0. The lowest BCUT2D eigenvalue weighted by molar-refractivity contribution is -0.141. The van der Waals surface area contributed by atoms with E-state index in [0.29, 0.717) is 39.9 Å². The number of hydrogen-bond donors (Lipinski definition) is 1. The third kappa shape index (κ3) is 6.42. The van der Waals surface area contributed by atoms with Gasteiger partial charge in [-0.05, 0) is 55.5 Å². The van der Waals surface area contributed by atoms with Gasteiger partial charge in [0, 0.05) is 34.6 Å². The molecule has 1 aliphatic carbocycles. The molecule has 35 heavy (non-hydrogen) atoms. The summed E-state index contributed by atoms with van der Waals surface area (Å²) < 4.78 is 10.8. The van der Waals surface area contributed by atoms with Crippen LogP contribution in [0, 0.1) is 0 Å². The molecule has 4 rings (SSSR count). The van der Waals surface area contributed by atoms with Crippen molar-refractivity contribution in [1.82, 2.24) is 10.2 Å². The van der Waals surface area contributed by atoms with Crippen molar-refractivity contribution >= 4 is 35.0 Å². The molecule has 0 saturated heterocycles. The summed E-state index contributed by atoms with van der Waals surface area (Å²) in [7, 11) is 0. The van der Waals surface area contributed by atoms with Gasteiger partial charge in [-0.2, -0.15) is 0 Å². The van der Waals surface area contributed by atoms with Crippen LogP contribution in [0.1, 0.15) is 63.0 Å². The van der Waals surface area contributed by atoms with Gasteiger partial charge in [-0.15, -0.1) is 0 Å². The van der Waals surface area contributed by atoms with E-state index in [0.717, 1.165) is 31.2 Å². The Balaban J connectivity index is 1.52. The first-order valence-electron chi connectivity index (χ1n) is 12.4. The first-order valence-corrected chi connectivity index (χ1v) is 13.1. The van der Waals surface area contributed by atoms with Gasteiger partial charge in [-0.25, -0.2) is 0 Å². The SMILES string of the molecule is CC[C@@H](C(=O)NC1CCCCC1)N(Cc1c(Cl)cccc1Cl)C(=O)CCc1ccc2c(c1)OCO2. The largest absolute Gasteiger partial charge is 0.454 e. The molecule has 2 aromatic carbocycles. The Labute approximate surface area is 216 Å². The smallest absolute Gasteiger partial charge is 0.243 e. The number of hydrogen-bond acceptors (Lipinski definition) is 4. The van der Waals surface area contributed by atoms with Crippen molar-refractivity contribution in [1.29, 1.82) is 0 Å². The average molecular weight is 519 g/mol. The second kappa shape index (κ2) is 12.0. The summed E-state index contributed by atoms with van der Waals surface area (Å²) in [6.07, 6.45) is 6.67. The number of fused-ring (bicyclic) bond motifs is 1. The van der Waals surface area contributed by atoms with Crippen LogP contribution in [0.2, 0.25) is 10.0 Å². The fourth-order valence-corrected chi connectivity index (χ4v) is 5.33. The van der Waals surface area contributed by atoms with Crippen molar-refractivity contribution in [2.45, 2.75) is 76.9 Å². The van der Waals surface area contributed by atoms with Crippen LogP contribution in [0.4, 0.5) is 0 Å². The minimum atomic E-state index is -0.603. The molecule has 0 radical (unpaired) electrons. The fraction of sp³-hybridized carbons (Fsp3) is 0.481. The Morgan fingerprint density at radius 1 is 1.06 bits per heavy atom. The second-order valence-corrected chi connectivity index (χ2v) is 9.99. The third-order valence-electron chi connectivity index (χ3n) is 6.79. The molecule has 1 atom stereocenters. The number of nitrogens with one attached hydrogen (secondary N) is 1. The van der Waals surface area contributed by atoms with Gasteiger partial charge < -0.3 is 19.7 Å². The number of amides is 2. The predicted octanol–water partition coefficient (Wildman–Crippen LogP) is 5.91. The molecular weight excluding hydrogens is 487 g/mol. The van der Waals surface area contributed by atoms with Crippen molar-refractivity contribution in [3.63, 3.8) is 0 Å². The summed E-state index contributed by atoms with van der Waals surface area (Å²) in [5, 5.41) is 4.15. The zero-order valence-corrected chi connectivity index (χ0v) is 21.5. The third-order valence-corrected chi connectivity index (χ3v) is 7.50. The summed E-state index contributed by atoms with van der Waals surface area (Å²) in [6.45, 7) is 2.31. The zero-order valence-electron chi connectivity index (χ0n) is 20.0. The highest BCUT2D eigenvalue weighted by molar-refractivity contribution is 6.36. The Hall–Kier alpha value is -2.44. The quantitative estimate of drug-likeness (QED) is 0.447. The van der Waals surface area contributed by atoms with E-state index < -0.39 is 6.04 Å². The van der Waals surface area contributed by atoms with E-state index in [4.69, 9.17) is 32.7 Å². The van der Waals surface area contributed by atoms with Crippen LogP contribution < -0.4 is 14.8 Å². The van der Waals surface area contributed by atoms with Crippen LogP contribution in [-0.4, -0.2) is 35.6 Å². The molecule has 1 N–H and O–H groups in total. The highest BCUT2D eigenvalue weighted by atomic mass is 35.5. The van der Waals surface area contributed by atoms with E-state index in [2.05, 4.69) is 5.32 Å². The Morgan fingerprint density at radius 2 is 1.77 bits per heavy atom. The molecule has 6 nitrogen and oxygen atoms in total. The van der Waals surface area contributed by atoms with E-state index in [1.54, 1.807) is 23.1 Å². The summed E-state index contributed by atoms with van der Waals surface area (Å²) in [6, 6.07) is 10.5. The number of halogens is 2. The minimum absolute atomic E-state index is 0.112. The Bertz CT molecular complexity index is 1040. The van der Waals surface area contributed by atoms with E-state index >= 15 is 0 Å². The summed E-state index contributed by atoms with van der Waals surface area (Å²) in [5.41, 5.74) is 1.62. The summed E-state index contributed by atoms with van der Waals surface area (Å²) >= 11 is 12.9. The molecule has 0 bridgehead atoms. The Kier molecular flexibility index (Phi) is 8.79. The molecule has 188 valence electrons. The standard InChI is InChI=1S/C27H32Cl2N2O4/c1-2-23(27(33)30-19-7-4-3-5-8-19)31(16-20-21(28)9-6-10-22(20)29)26(32)14-12-18-11-13-24-25(15-18)35-17-34-24/h6,9-11,13,15,19,23H,2-5,7-8,12,14,16-17H2,1H3,(H,30,33)/t23-/m0/s1. The van der Waals surface area contributed by atoms with Crippen molar-refractivity contribution in [2.75, 3.05) is 6.79 Å².